The quantitative estimate of drug-likeness (QED) is 0.332. The molecule has 3 amide bonds. The van der Waals surface area contributed by atoms with Crippen molar-refractivity contribution in [1.29, 1.82) is 0 Å². The number of hydrogen-bond acceptors (Lipinski definition) is 7. The van der Waals surface area contributed by atoms with Crippen molar-refractivity contribution in [1.82, 2.24) is 20.6 Å². The molecular weight excluding hydrogens is 434 g/mol. The number of rotatable bonds is 15. The Bertz CT molecular complexity index is 896. The van der Waals surface area contributed by atoms with Gasteiger partial charge in [0.2, 0.25) is 17.7 Å². The molecule has 2 heterocycles. The third-order valence-corrected chi connectivity index (χ3v) is 5.48. The number of amides is 3. The third-order valence-electron chi connectivity index (χ3n) is 5.48. The zero-order valence-electron chi connectivity index (χ0n) is 19.9. The molecule has 0 aliphatic carbocycles. The van der Waals surface area contributed by atoms with Crippen LogP contribution >= 0.6 is 0 Å². The largest absolute Gasteiger partial charge is 0.374 e. The molecule has 0 aliphatic heterocycles. The van der Waals surface area contributed by atoms with Crippen molar-refractivity contribution in [2.75, 3.05) is 43.5 Å². The molecule has 2 aromatic heterocycles. The number of anilines is 2. The highest BCUT2D eigenvalue weighted by Crippen LogP contribution is 2.11. The first-order chi connectivity index (χ1) is 16.4. The van der Waals surface area contributed by atoms with E-state index in [1.807, 2.05) is 48.2 Å². The van der Waals surface area contributed by atoms with E-state index < -0.39 is 11.9 Å². The van der Waals surface area contributed by atoms with Crippen molar-refractivity contribution >= 4 is 29.1 Å². The molecule has 10 nitrogen and oxygen atoms in total. The maximum absolute atomic E-state index is 12.3. The highest BCUT2D eigenvalue weighted by Gasteiger charge is 2.18. The Morgan fingerprint density at radius 2 is 1.35 bits per heavy atom. The van der Waals surface area contributed by atoms with Crippen molar-refractivity contribution in [2.24, 2.45) is 5.73 Å². The molecular formula is C24H35N7O3. The van der Waals surface area contributed by atoms with Crippen LogP contribution in [0.1, 0.15) is 32.1 Å². The standard InChI is InChI=1S/C24H35N7O3/c1-30(19-6-13-26-14-7-19)17-10-22(32)28-12-4-3-5-21(24(25)34)29-23(33)11-18-31(2)20-8-15-27-16-9-20/h6-9,13-16,21H,3-5,10-12,17-18H2,1-2H3,(H2,25,34)(H,28,32)(H,29,33). The van der Waals surface area contributed by atoms with E-state index in [1.54, 1.807) is 24.8 Å². The van der Waals surface area contributed by atoms with Crippen LogP contribution in [0.4, 0.5) is 11.4 Å². The summed E-state index contributed by atoms with van der Waals surface area (Å²) in [6.45, 7) is 1.61. The molecule has 34 heavy (non-hydrogen) atoms. The zero-order valence-corrected chi connectivity index (χ0v) is 19.9. The Morgan fingerprint density at radius 1 is 0.853 bits per heavy atom. The average molecular weight is 470 g/mol. The second-order valence-electron chi connectivity index (χ2n) is 8.12. The lowest BCUT2D eigenvalue weighted by Gasteiger charge is -2.20. The van der Waals surface area contributed by atoms with E-state index in [0.717, 1.165) is 11.4 Å². The van der Waals surface area contributed by atoms with Crippen LogP contribution in [0, 0.1) is 0 Å². The molecule has 0 bridgehead atoms. The first-order valence-electron chi connectivity index (χ1n) is 11.4. The van der Waals surface area contributed by atoms with E-state index in [1.165, 1.54) is 0 Å². The van der Waals surface area contributed by atoms with Crippen LogP contribution < -0.4 is 26.2 Å². The molecule has 0 saturated heterocycles. The van der Waals surface area contributed by atoms with Crippen LogP contribution in [0.2, 0.25) is 0 Å². The Labute approximate surface area is 200 Å². The van der Waals surface area contributed by atoms with Crippen LogP contribution in [0.5, 0.6) is 0 Å². The molecule has 4 N–H and O–H groups in total. The van der Waals surface area contributed by atoms with Gasteiger partial charge < -0.3 is 26.2 Å². The second-order valence-corrected chi connectivity index (χ2v) is 8.12. The van der Waals surface area contributed by atoms with Gasteiger partial charge in [-0.05, 0) is 43.5 Å². The molecule has 10 heteroatoms. The number of nitrogens with two attached hydrogens (primary N) is 1. The molecule has 1 atom stereocenters. The monoisotopic (exact) mass is 469 g/mol. The van der Waals surface area contributed by atoms with Gasteiger partial charge in [0.1, 0.15) is 6.04 Å². The van der Waals surface area contributed by atoms with Gasteiger partial charge in [0, 0.05) is 82.7 Å². The van der Waals surface area contributed by atoms with Gasteiger partial charge in [-0.2, -0.15) is 0 Å². The zero-order chi connectivity index (χ0) is 24.8. The molecule has 0 aromatic carbocycles. The third kappa shape index (κ3) is 9.85. The van der Waals surface area contributed by atoms with Crippen molar-refractivity contribution < 1.29 is 14.4 Å². The summed E-state index contributed by atoms with van der Waals surface area (Å²) in [5, 5.41) is 5.61. The van der Waals surface area contributed by atoms with Crippen molar-refractivity contribution in [3.8, 4) is 0 Å². The molecule has 1 unspecified atom stereocenters. The van der Waals surface area contributed by atoms with Gasteiger partial charge in [-0.1, -0.05) is 0 Å². The molecule has 184 valence electrons. The Morgan fingerprint density at radius 3 is 1.85 bits per heavy atom. The summed E-state index contributed by atoms with van der Waals surface area (Å²) >= 11 is 0. The minimum absolute atomic E-state index is 0.0287. The molecule has 0 spiro atoms. The highest BCUT2D eigenvalue weighted by molar-refractivity contribution is 5.86. The average Bonchev–Trinajstić information content (AvgIpc) is 2.85. The molecule has 2 aromatic rings. The van der Waals surface area contributed by atoms with Crippen molar-refractivity contribution in [2.45, 2.75) is 38.1 Å². The fourth-order valence-corrected chi connectivity index (χ4v) is 3.34. The van der Waals surface area contributed by atoms with E-state index in [4.69, 9.17) is 5.73 Å². The lowest BCUT2D eigenvalue weighted by atomic mass is 10.1. The van der Waals surface area contributed by atoms with Crippen molar-refractivity contribution in [3.63, 3.8) is 0 Å². The number of hydrogen-bond donors (Lipinski definition) is 3. The summed E-state index contributed by atoms with van der Waals surface area (Å²) in [4.78, 5) is 48.0. The first-order valence-corrected chi connectivity index (χ1v) is 11.4. The van der Waals surface area contributed by atoms with Gasteiger partial charge in [-0.3, -0.25) is 24.4 Å². The Balaban J connectivity index is 1.60. The van der Waals surface area contributed by atoms with Crippen LogP contribution in [-0.4, -0.2) is 67.5 Å². The first kappa shape index (κ1) is 26.6. The van der Waals surface area contributed by atoms with Crippen LogP contribution in [0.15, 0.2) is 49.1 Å². The van der Waals surface area contributed by atoms with Crippen molar-refractivity contribution in [3.05, 3.63) is 49.1 Å². The summed E-state index contributed by atoms with van der Waals surface area (Å²) < 4.78 is 0. The number of aromatic nitrogens is 2. The summed E-state index contributed by atoms with van der Waals surface area (Å²) in [7, 11) is 3.82. The van der Waals surface area contributed by atoms with Gasteiger partial charge in [0.05, 0.1) is 0 Å². The van der Waals surface area contributed by atoms with E-state index in [9.17, 15) is 14.4 Å². The summed E-state index contributed by atoms with van der Waals surface area (Å²) in [6.07, 6.45) is 9.22. The smallest absolute Gasteiger partial charge is 0.239 e. The maximum atomic E-state index is 12.3. The number of primary amides is 1. The number of unbranched alkanes of at least 4 members (excludes halogenated alkanes) is 1. The molecule has 0 aliphatic rings. The minimum Gasteiger partial charge on any atom is -0.374 e. The van der Waals surface area contributed by atoms with E-state index in [-0.39, 0.29) is 18.2 Å². The van der Waals surface area contributed by atoms with E-state index in [2.05, 4.69) is 20.6 Å². The highest BCUT2D eigenvalue weighted by atomic mass is 16.2. The predicted octanol–water partition coefficient (Wildman–Crippen LogP) is 1.09. The topological polar surface area (TPSA) is 134 Å². The molecule has 2 rings (SSSR count). The summed E-state index contributed by atoms with van der Waals surface area (Å²) in [6, 6.07) is 6.80. The SMILES string of the molecule is CN(CCC(=O)NCCCCC(NC(=O)CCN(C)c1ccncc1)C(N)=O)c1ccncc1. The lowest BCUT2D eigenvalue weighted by molar-refractivity contribution is -0.127. The normalized spacial score (nSPS) is 11.4. The van der Waals surface area contributed by atoms with Crippen LogP contribution in [0.3, 0.4) is 0 Å². The van der Waals surface area contributed by atoms with Gasteiger partial charge in [-0.25, -0.2) is 0 Å². The van der Waals surface area contributed by atoms with Crippen LogP contribution in [0.25, 0.3) is 0 Å². The number of nitrogens with one attached hydrogen (secondary N) is 2. The van der Waals surface area contributed by atoms with E-state index in [0.29, 0.717) is 45.3 Å². The Kier molecular flexibility index (Phi) is 11.3. The van der Waals surface area contributed by atoms with Gasteiger partial charge in [-0.15, -0.1) is 0 Å². The number of carbonyl (C=O) groups excluding carboxylic acids is 3. The predicted molar refractivity (Wildman–Crippen MR) is 132 cm³/mol. The molecule has 0 saturated carbocycles. The van der Waals surface area contributed by atoms with Gasteiger partial charge >= 0.3 is 0 Å². The number of pyridine rings is 2. The molecule has 0 radical (unpaired) electrons. The number of carbonyl (C=O) groups is 3. The van der Waals surface area contributed by atoms with E-state index >= 15 is 0 Å². The fraction of sp³-hybridized carbons (Fsp3) is 0.458. The summed E-state index contributed by atoms with van der Waals surface area (Å²) in [5.41, 5.74) is 7.43. The Hall–Kier alpha value is -3.69. The van der Waals surface area contributed by atoms with Crippen LogP contribution in [-0.2, 0) is 14.4 Å². The molecule has 0 fully saturated rings. The fourth-order valence-electron chi connectivity index (χ4n) is 3.34. The summed E-state index contributed by atoms with van der Waals surface area (Å²) in [5.74, 6) is -0.811. The van der Waals surface area contributed by atoms with Gasteiger partial charge in [0.25, 0.3) is 0 Å². The second kappa shape index (κ2) is 14.5. The maximum Gasteiger partial charge on any atom is 0.239 e. The van der Waals surface area contributed by atoms with Gasteiger partial charge in [0.15, 0.2) is 0 Å². The minimum atomic E-state index is -0.719. The lowest BCUT2D eigenvalue weighted by Crippen LogP contribution is -2.45. The number of nitrogens with zero attached hydrogens (tertiary/aromatic N) is 4.